The van der Waals surface area contributed by atoms with E-state index in [2.05, 4.69) is 10.3 Å². The predicted octanol–water partition coefficient (Wildman–Crippen LogP) is 3.61. The molecule has 1 N–H and O–H groups in total. The van der Waals surface area contributed by atoms with Crippen molar-refractivity contribution in [3.63, 3.8) is 0 Å². The Labute approximate surface area is 191 Å². The van der Waals surface area contributed by atoms with Gasteiger partial charge in [-0.25, -0.2) is 13.4 Å². The van der Waals surface area contributed by atoms with Gasteiger partial charge in [-0.15, -0.1) is 0 Å². The highest BCUT2D eigenvalue weighted by Gasteiger charge is 2.40. The van der Waals surface area contributed by atoms with Gasteiger partial charge in [0.1, 0.15) is 0 Å². The highest BCUT2D eigenvalue weighted by atomic mass is 32.2. The van der Waals surface area contributed by atoms with Crippen molar-refractivity contribution in [1.29, 1.82) is 0 Å². The first-order valence-electron chi connectivity index (χ1n) is 10.7. The first-order chi connectivity index (χ1) is 15.6. The Kier molecular flexibility index (Phi) is 7.96. The van der Waals surface area contributed by atoms with Gasteiger partial charge in [-0.2, -0.15) is 17.5 Å². The maximum Gasteiger partial charge on any atom is 0.417 e. The number of aromatic nitrogens is 1. The van der Waals surface area contributed by atoms with Crippen molar-refractivity contribution < 1.29 is 31.1 Å². The smallest absolute Gasteiger partial charge is 0.417 e. The minimum atomic E-state index is -4.78. The number of hydrogen-bond acceptors (Lipinski definition) is 5. The fraction of sp³-hybridized carbons (Fsp3) is 0.455. The minimum absolute atomic E-state index is 0.0373. The summed E-state index contributed by atoms with van der Waals surface area (Å²) >= 11 is 0. The number of pyridine rings is 1. The summed E-state index contributed by atoms with van der Waals surface area (Å²) in [6.45, 7) is 2.61. The molecule has 180 valence electrons. The molecule has 0 spiro atoms. The number of nitrogens with one attached hydrogen (secondary N) is 1. The van der Waals surface area contributed by atoms with Gasteiger partial charge < -0.3 is 10.1 Å². The number of sulfonamides is 1. The largest absolute Gasteiger partial charge is 0.477 e. The third-order valence-electron chi connectivity index (χ3n) is 5.38. The molecule has 3 rings (SSSR count). The molecule has 33 heavy (non-hydrogen) atoms. The first kappa shape index (κ1) is 25.0. The van der Waals surface area contributed by atoms with Gasteiger partial charge in [0.05, 0.1) is 17.1 Å². The van der Waals surface area contributed by atoms with Crippen LogP contribution < -0.4 is 10.1 Å². The average Bonchev–Trinajstić information content (AvgIpc) is 2.81. The topological polar surface area (TPSA) is 88.6 Å². The molecular formula is C22H26F3N3O4S. The number of benzene rings is 1. The molecule has 1 amide bonds. The van der Waals surface area contributed by atoms with Gasteiger partial charge in [-0.1, -0.05) is 25.1 Å². The second kappa shape index (κ2) is 10.5. The van der Waals surface area contributed by atoms with Gasteiger partial charge in [0.25, 0.3) is 0 Å². The molecule has 0 aliphatic carbocycles. The molecule has 0 saturated carbocycles. The van der Waals surface area contributed by atoms with Crippen LogP contribution in [0.25, 0.3) is 0 Å². The lowest BCUT2D eigenvalue weighted by atomic mass is 9.97. The number of amides is 1. The highest BCUT2D eigenvalue weighted by Crippen LogP contribution is 2.36. The van der Waals surface area contributed by atoms with Gasteiger partial charge >= 0.3 is 6.18 Å². The lowest BCUT2D eigenvalue weighted by Crippen LogP contribution is -2.43. The molecule has 1 saturated heterocycles. The molecule has 0 radical (unpaired) electrons. The second-order valence-corrected chi connectivity index (χ2v) is 9.61. The SMILES string of the molecule is CCCOc1ncccc1CNC(=O)C1CCN(S(=O)(=O)c2ccccc2C(F)(F)F)CC1. The minimum Gasteiger partial charge on any atom is -0.477 e. The zero-order valence-electron chi connectivity index (χ0n) is 18.1. The quantitative estimate of drug-likeness (QED) is 0.617. The Morgan fingerprint density at radius 3 is 2.55 bits per heavy atom. The van der Waals surface area contributed by atoms with E-state index >= 15 is 0 Å². The Bertz CT molecular complexity index is 1070. The van der Waals surface area contributed by atoms with Crippen molar-refractivity contribution in [1.82, 2.24) is 14.6 Å². The van der Waals surface area contributed by atoms with Crippen molar-refractivity contribution in [3.8, 4) is 5.88 Å². The number of ether oxygens (including phenoxy) is 1. The van der Waals surface area contributed by atoms with Crippen LogP contribution in [0.2, 0.25) is 0 Å². The van der Waals surface area contributed by atoms with Crippen LogP contribution in [-0.2, 0) is 27.5 Å². The van der Waals surface area contributed by atoms with E-state index in [0.29, 0.717) is 12.5 Å². The van der Waals surface area contributed by atoms with E-state index < -0.39 is 32.6 Å². The lowest BCUT2D eigenvalue weighted by molar-refractivity contribution is -0.139. The number of rotatable bonds is 8. The molecule has 0 bridgehead atoms. The molecule has 0 unspecified atom stereocenters. The predicted molar refractivity (Wildman–Crippen MR) is 115 cm³/mol. The van der Waals surface area contributed by atoms with Crippen LogP contribution >= 0.6 is 0 Å². The van der Waals surface area contributed by atoms with Crippen LogP contribution in [0.5, 0.6) is 5.88 Å². The zero-order valence-corrected chi connectivity index (χ0v) is 19.0. The van der Waals surface area contributed by atoms with Crippen molar-refractivity contribution in [2.45, 2.75) is 43.8 Å². The second-order valence-electron chi connectivity index (χ2n) is 7.71. The highest BCUT2D eigenvalue weighted by molar-refractivity contribution is 7.89. The third-order valence-corrected chi connectivity index (χ3v) is 7.34. The summed E-state index contributed by atoms with van der Waals surface area (Å²) in [4.78, 5) is 16.0. The molecular weight excluding hydrogens is 459 g/mol. The molecule has 2 aromatic rings. The molecule has 7 nitrogen and oxygen atoms in total. The number of carbonyl (C=O) groups excluding carboxylic acids is 1. The molecule has 11 heteroatoms. The number of carbonyl (C=O) groups is 1. The molecule has 1 aromatic heterocycles. The standard InChI is InChI=1S/C22H26F3N3O4S/c1-2-14-32-21-17(6-5-11-26-21)15-27-20(29)16-9-12-28(13-10-16)33(30,31)19-8-4-3-7-18(19)22(23,24)25/h3-8,11,16H,2,9-10,12-15H2,1H3,(H,27,29). The van der Waals surface area contributed by atoms with Gasteiger partial charge in [0.15, 0.2) is 0 Å². The Morgan fingerprint density at radius 1 is 1.18 bits per heavy atom. The number of halogens is 3. The maximum atomic E-state index is 13.3. The summed E-state index contributed by atoms with van der Waals surface area (Å²) in [5.74, 6) is -0.233. The normalized spacial score (nSPS) is 15.9. The van der Waals surface area contributed by atoms with Crippen molar-refractivity contribution in [2.75, 3.05) is 19.7 Å². The van der Waals surface area contributed by atoms with Crippen molar-refractivity contribution in [2.24, 2.45) is 5.92 Å². The van der Waals surface area contributed by atoms with E-state index in [1.165, 1.54) is 6.07 Å². The summed E-state index contributed by atoms with van der Waals surface area (Å²) in [5, 5.41) is 2.82. The average molecular weight is 486 g/mol. The molecule has 0 atom stereocenters. The van der Waals surface area contributed by atoms with E-state index in [1.54, 1.807) is 18.3 Å². The first-order valence-corrected chi connectivity index (χ1v) is 12.1. The number of piperidine rings is 1. The summed E-state index contributed by atoms with van der Waals surface area (Å²) in [7, 11) is -4.34. The molecule has 1 fully saturated rings. The van der Waals surface area contributed by atoms with Crippen molar-refractivity contribution in [3.05, 3.63) is 53.7 Å². The molecule has 1 aromatic carbocycles. The van der Waals surface area contributed by atoms with Crippen LogP contribution in [-0.4, -0.2) is 43.3 Å². The van der Waals surface area contributed by atoms with E-state index in [9.17, 15) is 26.4 Å². The van der Waals surface area contributed by atoms with Crippen LogP contribution in [0, 0.1) is 5.92 Å². The third kappa shape index (κ3) is 6.02. The van der Waals surface area contributed by atoms with E-state index in [1.807, 2.05) is 6.92 Å². The monoisotopic (exact) mass is 485 g/mol. The maximum absolute atomic E-state index is 13.3. The summed E-state index contributed by atoms with van der Waals surface area (Å²) in [5.41, 5.74) is -0.467. The number of hydrogen-bond donors (Lipinski definition) is 1. The lowest BCUT2D eigenvalue weighted by Gasteiger charge is -2.31. The fourth-order valence-corrected chi connectivity index (χ4v) is 5.32. The molecule has 2 heterocycles. The van der Waals surface area contributed by atoms with Crippen LogP contribution in [0.4, 0.5) is 13.2 Å². The van der Waals surface area contributed by atoms with E-state index in [0.717, 1.165) is 34.5 Å². The Hall–Kier alpha value is -2.66. The number of alkyl halides is 3. The van der Waals surface area contributed by atoms with Gasteiger partial charge in [0, 0.05) is 37.3 Å². The Balaban J connectivity index is 1.61. The van der Waals surface area contributed by atoms with E-state index in [4.69, 9.17) is 4.74 Å². The van der Waals surface area contributed by atoms with Crippen LogP contribution in [0.3, 0.4) is 0 Å². The number of nitrogens with zero attached hydrogens (tertiary/aromatic N) is 2. The van der Waals surface area contributed by atoms with Crippen LogP contribution in [0.15, 0.2) is 47.5 Å². The van der Waals surface area contributed by atoms with Crippen molar-refractivity contribution >= 4 is 15.9 Å². The summed E-state index contributed by atoms with van der Waals surface area (Å²) in [6, 6.07) is 7.67. The summed E-state index contributed by atoms with van der Waals surface area (Å²) in [6.07, 6.45) is -1.94. The molecule has 1 aliphatic heterocycles. The van der Waals surface area contributed by atoms with Gasteiger partial charge in [-0.3, -0.25) is 4.79 Å². The molecule has 1 aliphatic rings. The van der Waals surface area contributed by atoms with E-state index in [-0.39, 0.29) is 38.4 Å². The Morgan fingerprint density at radius 2 is 1.88 bits per heavy atom. The summed E-state index contributed by atoms with van der Waals surface area (Å²) < 4.78 is 72.2. The fourth-order valence-electron chi connectivity index (χ4n) is 3.64. The van der Waals surface area contributed by atoms with Gasteiger partial charge in [-0.05, 0) is 37.5 Å². The van der Waals surface area contributed by atoms with Gasteiger partial charge in [0.2, 0.25) is 21.8 Å². The zero-order chi connectivity index (χ0) is 24.1. The van der Waals surface area contributed by atoms with Crippen LogP contribution in [0.1, 0.15) is 37.3 Å².